The third-order valence-electron chi connectivity index (χ3n) is 3.67. The maximum atomic E-state index is 11.2. The van der Waals surface area contributed by atoms with Crippen molar-refractivity contribution >= 4 is 5.97 Å². The normalized spacial score (nSPS) is 25.0. The minimum atomic E-state index is -0.651. The Hall–Kier alpha value is -1.35. The fraction of sp³-hybridized carbons (Fsp3) is 0.500. The van der Waals surface area contributed by atoms with Crippen molar-refractivity contribution in [3.8, 4) is 0 Å². The summed E-state index contributed by atoms with van der Waals surface area (Å²) >= 11 is 0. The molecule has 0 aliphatic carbocycles. The summed E-state index contributed by atoms with van der Waals surface area (Å²) < 4.78 is 0. The van der Waals surface area contributed by atoms with Crippen LogP contribution in [0.3, 0.4) is 0 Å². The number of carboxylic acid groups (broad SMARTS) is 1. The lowest BCUT2D eigenvalue weighted by Crippen LogP contribution is -2.37. The summed E-state index contributed by atoms with van der Waals surface area (Å²) in [6.07, 6.45) is 1.62. The first-order valence-corrected chi connectivity index (χ1v) is 6.23. The first-order chi connectivity index (χ1) is 8.22. The smallest absolute Gasteiger partial charge is 0.308 e. The molecule has 3 nitrogen and oxygen atoms in total. The van der Waals surface area contributed by atoms with E-state index >= 15 is 0 Å². The van der Waals surface area contributed by atoms with Gasteiger partial charge in [0.25, 0.3) is 0 Å². The lowest BCUT2D eigenvalue weighted by molar-refractivity contribution is -0.142. The molecule has 92 valence electrons. The van der Waals surface area contributed by atoms with Crippen molar-refractivity contribution in [2.75, 3.05) is 13.1 Å². The highest BCUT2D eigenvalue weighted by atomic mass is 16.4. The van der Waals surface area contributed by atoms with Gasteiger partial charge in [0.1, 0.15) is 0 Å². The number of aliphatic carboxylic acids is 1. The minimum Gasteiger partial charge on any atom is -0.481 e. The highest BCUT2D eigenvalue weighted by Crippen LogP contribution is 2.27. The van der Waals surface area contributed by atoms with Crippen molar-refractivity contribution < 1.29 is 9.90 Å². The molecule has 3 heteroatoms. The third kappa shape index (κ3) is 2.67. The Morgan fingerprint density at radius 3 is 2.71 bits per heavy atom. The topological polar surface area (TPSA) is 40.5 Å². The van der Waals surface area contributed by atoms with E-state index in [1.165, 1.54) is 5.56 Å². The Morgan fingerprint density at radius 2 is 2.12 bits per heavy atom. The highest BCUT2D eigenvalue weighted by Gasteiger charge is 2.37. The third-order valence-corrected chi connectivity index (χ3v) is 3.67. The Bertz CT molecular complexity index is 377. The number of nitrogens with zero attached hydrogens (tertiary/aromatic N) is 1. The summed E-state index contributed by atoms with van der Waals surface area (Å²) in [7, 11) is 0. The van der Waals surface area contributed by atoms with Crippen LogP contribution >= 0.6 is 0 Å². The van der Waals surface area contributed by atoms with E-state index in [-0.39, 0.29) is 12.0 Å². The van der Waals surface area contributed by atoms with Crippen LogP contribution in [0, 0.1) is 5.92 Å². The van der Waals surface area contributed by atoms with Gasteiger partial charge in [0.15, 0.2) is 0 Å². The zero-order chi connectivity index (χ0) is 12.3. The molecule has 1 aliphatic rings. The first kappa shape index (κ1) is 12.1. The fourth-order valence-electron chi connectivity index (χ4n) is 2.73. The van der Waals surface area contributed by atoms with Gasteiger partial charge in [-0.25, -0.2) is 0 Å². The maximum Gasteiger partial charge on any atom is 0.308 e. The van der Waals surface area contributed by atoms with Crippen LogP contribution in [0.4, 0.5) is 0 Å². The Kier molecular flexibility index (Phi) is 3.79. The Balaban J connectivity index is 2.12. The molecule has 1 aromatic rings. The lowest BCUT2D eigenvalue weighted by Gasteiger charge is -2.25. The molecule has 1 N–H and O–H groups in total. The number of hydrogen-bond acceptors (Lipinski definition) is 2. The monoisotopic (exact) mass is 233 g/mol. The number of likely N-dealkylation sites (tertiary alicyclic amines) is 1. The zero-order valence-corrected chi connectivity index (χ0v) is 10.2. The highest BCUT2D eigenvalue weighted by molar-refractivity contribution is 5.71. The summed E-state index contributed by atoms with van der Waals surface area (Å²) in [6.45, 7) is 3.94. The molecule has 1 saturated heterocycles. The number of hydrogen-bond donors (Lipinski definition) is 1. The van der Waals surface area contributed by atoms with Gasteiger partial charge in [-0.15, -0.1) is 0 Å². The van der Waals surface area contributed by atoms with Gasteiger partial charge in [-0.1, -0.05) is 37.3 Å². The minimum absolute atomic E-state index is 0.153. The molecular weight excluding hydrogens is 214 g/mol. The van der Waals surface area contributed by atoms with Gasteiger partial charge in [-0.2, -0.15) is 0 Å². The van der Waals surface area contributed by atoms with Crippen molar-refractivity contribution in [2.24, 2.45) is 5.92 Å². The molecular formula is C14H19NO2. The number of rotatable bonds is 4. The van der Waals surface area contributed by atoms with E-state index in [9.17, 15) is 9.90 Å². The second-order valence-corrected chi connectivity index (χ2v) is 4.62. The van der Waals surface area contributed by atoms with Crippen LogP contribution in [0.1, 0.15) is 18.9 Å². The first-order valence-electron chi connectivity index (χ1n) is 6.23. The van der Waals surface area contributed by atoms with Gasteiger partial charge in [0.05, 0.1) is 5.92 Å². The number of carboxylic acids is 1. The lowest BCUT2D eigenvalue weighted by atomic mass is 9.94. The van der Waals surface area contributed by atoms with E-state index in [4.69, 9.17) is 0 Å². The fourth-order valence-corrected chi connectivity index (χ4v) is 2.73. The van der Waals surface area contributed by atoms with E-state index in [2.05, 4.69) is 24.0 Å². The van der Waals surface area contributed by atoms with Gasteiger partial charge in [0.2, 0.25) is 0 Å². The predicted molar refractivity (Wildman–Crippen MR) is 66.9 cm³/mol. The molecule has 1 aromatic carbocycles. The van der Waals surface area contributed by atoms with Crippen molar-refractivity contribution in [1.29, 1.82) is 0 Å². The van der Waals surface area contributed by atoms with Gasteiger partial charge >= 0.3 is 5.97 Å². The standard InChI is InChI=1S/C14H19NO2/c1-2-15-9-8-12(14(16)17)13(15)10-11-6-4-3-5-7-11/h3-7,12-13H,2,8-10H2,1H3,(H,16,17)/t12-,13+/m0/s1. The van der Waals surface area contributed by atoms with Crippen LogP contribution in [0.15, 0.2) is 30.3 Å². The Labute approximate surface area is 102 Å². The molecule has 2 atom stereocenters. The molecule has 0 amide bonds. The average Bonchev–Trinajstić information content (AvgIpc) is 2.73. The van der Waals surface area contributed by atoms with Gasteiger partial charge in [-0.05, 0) is 31.5 Å². The molecule has 0 saturated carbocycles. The molecule has 1 heterocycles. The quantitative estimate of drug-likeness (QED) is 0.865. The van der Waals surface area contributed by atoms with E-state index in [0.717, 1.165) is 25.9 Å². The molecule has 2 rings (SSSR count). The molecule has 1 aliphatic heterocycles. The summed E-state index contributed by atoms with van der Waals surface area (Å²) in [5.74, 6) is -0.864. The molecule has 1 fully saturated rings. The molecule has 0 radical (unpaired) electrons. The molecule has 0 bridgehead atoms. The van der Waals surface area contributed by atoms with E-state index in [1.54, 1.807) is 0 Å². The summed E-state index contributed by atoms with van der Waals surface area (Å²) in [4.78, 5) is 13.5. The van der Waals surface area contributed by atoms with Crippen molar-refractivity contribution in [1.82, 2.24) is 4.90 Å². The summed E-state index contributed by atoms with van der Waals surface area (Å²) in [6, 6.07) is 10.3. The summed E-state index contributed by atoms with van der Waals surface area (Å²) in [5.41, 5.74) is 1.23. The number of benzene rings is 1. The van der Waals surface area contributed by atoms with Crippen LogP contribution in [0.25, 0.3) is 0 Å². The van der Waals surface area contributed by atoms with Gasteiger partial charge < -0.3 is 5.11 Å². The van der Waals surface area contributed by atoms with E-state index < -0.39 is 5.97 Å². The van der Waals surface area contributed by atoms with Crippen molar-refractivity contribution in [3.05, 3.63) is 35.9 Å². The molecule has 0 spiro atoms. The van der Waals surface area contributed by atoms with Crippen LogP contribution in [0.2, 0.25) is 0 Å². The molecule has 17 heavy (non-hydrogen) atoms. The average molecular weight is 233 g/mol. The number of likely N-dealkylation sites (N-methyl/N-ethyl adjacent to an activating group) is 1. The van der Waals surface area contributed by atoms with Crippen LogP contribution in [-0.2, 0) is 11.2 Å². The number of carbonyl (C=O) groups is 1. The predicted octanol–water partition coefficient (Wildman–Crippen LogP) is 2.02. The van der Waals surface area contributed by atoms with Crippen molar-refractivity contribution in [2.45, 2.75) is 25.8 Å². The van der Waals surface area contributed by atoms with Gasteiger partial charge in [-0.3, -0.25) is 9.69 Å². The Morgan fingerprint density at radius 1 is 1.41 bits per heavy atom. The zero-order valence-electron chi connectivity index (χ0n) is 10.2. The largest absolute Gasteiger partial charge is 0.481 e. The molecule has 0 aromatic heterocycles. The van der Waals surface area contributed by atoms with E-state index in [1.807, 2.05) is 18.2 Å². The SMILES string of the molecule is CCN1CC[C@H](C(=O)O)[C@H]1Cc1ccccc1. The second-order valence-electron chi connectivity index (χ2n) is 4.62. The maximum absolute atomic E-state index is 11.2. The van der Waals surface area contributed by atoms with Gasteiger partial charge in [0, 0.05) is 6.04 Å². The second kappa shape index (κ2) is 5.32. The summed E-state index contributed by atoms with van der Waals surface area (Å²) in [5, 5.41) is 9.25. The van der Waals surface area contributed by atoms with Crippen LogP contribution in [-0.4, -0.2) is 35.1 Å². The van der Waals surface area contributed by atoms with Crippen LogP contribution in [0.5, 0.6) is 0 Å². The molecule has 0 unspecified atom stereocenters. The van der Waals surface area contributed by atoms with E-state index in [0.29, 0.717) is 0 Å². The van der Waals surface area contributed by atoms with Crippen LogP contribution < -0.4 is 0 Å². The van der Waals surface area contributed by atoms with Crippen molar-refractivity contribution in [3.63, 3.8) is 0 Å².